The molecule has 124 valence electrons. The average Bonchev–Trinajstić information content (AvgIpc) is 2.53. The lowest BCUT2D eigenvalue weighted by molar-refractivity contribution is -0.138. The molecule has 9 heteroatoms. The van der Waals surface area contributed by atoms with Crippen LogP contribution in [0.25, 0.3) is 0 Å². The maximum atomic E-state index is 12.9. The first kappa shape index (κ1) is 16.9. The van der Waals surface area contributed by atoms with E-state index in [0.717, 1.165) is 12.4 Å². The molecule has 1 aliphatic rings. The molecule has 2 rings (SSSR count). The zero-order valence-corrected chi connectivity index (χ0v) is 12.1. The number of rotatable bonds is 3. The molecule has 1 amide bonds. The number of amides is 1. The van der Waals surface area contributed by atoms with Crippen molar-refractivity contribution in [2.24, 2.45) is 0 Å². The number of carbonyl (C=O) groups excluding carboxylic acids is 1. The van der Waals surface area contributed by atoms with Gasteiger partial charge in [-0.2, -0.15) is 13.2 Å². The number of hydrogen-bond donors (Lipinski definition) is 0. The van der Waals surface area contributed by atoms with Crippen LogP contribution in [0.3, 0.4) is 0 Å². The first-order valence-electron chi connectivity index (χ1n) is 6.67. The number of nitrogens with zero attached hydrogens (tertiary/aromatic N) is 4. The van der Waals surface area contributed by atoms with Gasteiger partial charge in [0, 0.05) is 38.6 Å². The Morgan fingerprint density at radius 2 is 1.61 bits per heavy atom. The topological polar surface area (TPSA) is 49.3 Å². The molecule has 1 saturated heterocycles. The van der Waals surface area contributed by atoms with Crippen LogP contribution in [-0.2, 0) is 11.0 Å². The summed E-state index contributed by atoms with van der Waals surface area (Å²) in [5.41, 5.74) is -1.22. The molecule has 5 nitrogen and oxygen atoms in total. The van der Waals surface area contributed by atoms with Crippen molar-refractivity contribution < 1.29 is 22.4 Å². The molecule has 1 fully saturated rings. The molecule has 0 atom stereocenters. The molecule has 0 unspecified atom stereocenters. The number of piperazine rings is 1. The Balaban J connectivity index is 1.98. The molecule has 0 N–H and O–H groups in total. The highest BCUT2D eigenvalue weighted by molar-refractivity contribution is 5.96. The standard InChI is InChI=1S/C14H14F4N4O/c1-9(10(2)15)12(23)21-3-5-22(6-4-21)13-19-7-11(8-20-13)14(16,17)18/h7-8H,1-6H2. The van der Waals surface area contributed by atoms with E-state index in [2.05, 4.69) is 23.1 Å². The second kappa shape index (κ2) is 6.35. The van der Waals surface area contributed by atoms with Crippen molar-refractivity contribution in [2.75, 3.05) is 31.1 Å². The fourth-order valence-corrected chi connectivity index (χ4v) is 2.05. The summed E-state index contributed by atoms with van der Waals surface area (Å²) in [5.74, 6) is -1.28. The summed E-state index contributed by atoms with van der Waals surface area (Å²) in [6.45, 7) is 7.52. The fourth-order valence-electron chi connectivity index (χ4n) is 2.05. The number of carbonyl (C=O) groups is 1. The van der Waals surface area contributed by atoms with E-state index in [1.54, 1.807) is 4.90 Å². The van der Waals surface area contributed by atoms with Gasteiger partial charge in [0.25, 0.3) is 5.91 Å². The Labute approximate surface area is 129 Å². The van der Waals surface area contributed by atoms with Crippen LogP contribution in [0.2, 0.25) is 0 Å². The summed E-state index contributed by atoms with van der Waals surface area (Å²) >= 11 is 0. The zero-order chi connectivity index (χ0) is 17.2. The number of hydrogen-bond acceptors (Lipinski definition) is 4. The third-order valence-corrected chi connectivity index (χ3v) is 3.40. The van der Waals surface area contributed by atoms with Crippen molar-refractivity contribution in [1.82, 2.24) is 14.9 Å². The van der Waals surface area contributed by atoms with Crippen molar-refractivity contribution in [3.63, 3.8) is 0 Å². The van der Waals surface area contributed by atoms with E-state index in [-0.39, 0.29) is 24.6 Å². The summed E-state index contributed by atoms with van der Waals surface area (Å²) in [5, 5.41) is 0. The Morgan fingerprint density at radius 3 is 2.04 bits per heavy atom. The maximum Gasteiger partial charge on any atom is 0.419 e. The summed E-state index contributed by atoms with van der Waals surface area (Å²) in [6.07, 6.45) is -3.05. The second-order valence-electron chi connectivity index (χ2n) is 4.93. The van der Waals surface area contributed by atoms with E-state index < -0.39 is 23.5 Å². The molecule has 0 bridgehead atoms. The first-order chi connectivity index (χ1) is 10.7. The van der Waals surface area contributed by atoms with Gasteiger partial charge < -0.3 is 9.80 Å². The van der Waals surface area contributed by atoms with Gasteiger partial charge in [0.15, 0.2) is 0 Å². The minimum Gasteiger partial charge on any atom is -0.337 e. The van der Waals surface area contributed by atoms with E-state index in [1.165, 1.54) is 4.90 Å². The van der Waals surface area contributed by atoms with Gasteiger partial charge in [0.1, 0.15) is 5.83 Å². The van der Waals surface area contributed by atoms with Crippen LogP contribution in [0, 0.1) is 0 Å². The average molecular weight is 330 g/mol. The zero-order valence-electron chi connectivity index (χ0n) is 12.1. The smallest absolute Gasteiger partial charge is 0.337 e. The molecule has 23 heavy (non-hydrogen) atoms. The lowest BCUT2D eigenvalue weighted by Gasteiger charge is -2.34. The Morgan fingerprint density at radius 1 is 1.09 bits per heavy atom. The number of alkyl halides is 3. The van der Waals surface area contributed by atoms with E-state index >= 15 is 0 Å². The molecule has 1 aliphatic heterocycles. The highest BCUT2D eigenvalue weighted by Gasteiger charge is 2.32. The third-order valence-electron chi connectivity index (χ3n) is 3.40. The Hall–Kier alpha value is -2.45. The number of anilines is 1. The Kier molecular flexibility index (Phi) is 4.67. The minimum absolute atomic E-state index is 0.152. The van der Waals surface area contributed by atoms with Crippen LogP contribution in [-0.4, -0.2) is 47.0 Å². The number of halogens is 4. The van der Waals surface area contributed by atoms with Crippen molar-refractivity contribution >= 4 is 11.9 Å². The molecule has 0 aromatic carbocycles. The van der Waals surface area contributed by atoms with Crippen molar-refractivity contribution in [1.29, 1.82) is 0 Å². The predicted molar refractivity (Wildman–Crippen MR) is 75.2 cm³/mol. The normalized spacial score (nSPS) is 15.5. The van der Waals surface area contributed by atoms with Crippen LogP contribution in [0.15, 0.2) is 37.0 Å². The lowest BCUT2D eigenvalue weighted by Crippen LogP contribution is -2.49. The van der Waals surface area contributed by atoms with Gasteiger partial charge >= 0.3 is 6.18 Å². The van der Waals surface area contributed by atoms with Gasteiger partial charge in [-0.3, -0.25) is 4.79 Å². The summed E-state index contributed by atoms with van der Waals surface area (Å²) in [6, 6.07) is 0. The van der Waals surface area contributed by atoms with Gasteiger partial charge in [-0.05, 0) is 0 Å². The second-order valence-corrected chi connectivity index (χ2v) is 4.93. The van der Waals surface area contributed by atoms with Crippen LogP contribution >= 0.6 is 0 Å². The molecule has 0 radical (unpaired) electrons. The van der Waals surface area contributed by atoms with E-state index in [0.29, 0.717) is 13.1 Å². The minimum atomic E-state index is -4.49. The maximum absolute atomic E-state index is 12.9. The molecular formula is C14H14F4N4O. The molecule has 0 saturated carbocycles. The number of aromatic nitrogens is 2. The van der Waals surface area contributed by atoms with Gasteiger partial charge in [-0.25, -0.2) is 14.4 Å². The third kappa shape index (κ3) is 3.85. The van der Waals surface area contributed by atoms with Gasteiger partial charge in [0.2, 0.25) is 5.95 Å². The van der Waals surface area contributed by atoms with Crippen molar-refractivity contribution in [3.05, 3.63) is 42.5 Å². The van der Waals surface area contributed by atoms with E-state index in [9.17, 15) is 22.4 Å². The molecule has 2 heterocycles. The summed E-state index contributed by atoms with van der Waals surface area (Å²) in [7, 11) is 0. The van der Waals surface area contributed by atoms with Gasteiger partial charge in [0.05, 0.1) is 11.1 Å². The van der Waals surface area contributed by atoms with Crippen LogP contribution < -0.4 is 4.90 Å². The monoisotopic (exact) mass is 330 g/mol. The van der Waals surface area contributed by atoms with Crippen LogP contribution in [0.1, 0.15) is 5.56 Å². The molecule has 0 aliphatic carbocycles. The highest BCUT2D eigenvalue weighted by atomic mass is 19.4. The molecule has 0 spiro atoms. The fraction of sp³-hybridized carbons (Fsp3) is 0.357. The Bertz CT molecular complexity index is 619. The SMILES string of the molecule is C=C(F)C(=C)C(=O)N1CCN(c2ncc(C(F)(F)F)cn2)CC1. The molecule has 1 aromatic heterocycles. The quantitative estimate of drug-likeness (QED) is 0.484. The van der Waals surface area contributed by atoms with Gasteiger partial charge in [-0.15, -0.1) is 0 Å². The first-order valence-corrected chi connectivity index (χ1v) is 6.67. The van der Waals surface area contributed by atoms with E-state index in [4.69, 9.17) is 0 Å². The highest BCUT2D eigenvalue weighted by Crippen LogP contribution is 2.28. The van der Waals surface area contributed by atoms with Crippen molar-refractivity contribution in [3.8, 4) is 0 Å². The lowest BCUT2D eigenvalue weighted by atomic mass is 10.2. The summed E-state index contributed by atoms with van der Waals surface area (Å²) < 4.78 is 50.3. The van der Waals surface area contributed by atoms with Crippen LogP contribution in [0.5, 0.6) is 0 Å². The van der Waals surface area contributed by atoms with Gasteiger partial charge in [-0.1, -0.05) is 13.2 Å². The largest absolute Gasteiger partial charge is 0.419 e. The van der Waals surface area contributed by atoms with Crippen LogP contribution in [0.4, 0.5) is 23.5 Å². The predicted octanol–water partition coefficient (Wildman–Crippen LogP) is 2.18. The van der Waals surface area contributed by atoms with E-state index in [1.807, 2.05) is 0 Å². The molecular weight excluding hydrogens is 316 g/mol. The van der Waals surface area contributed by atoms with Crippen molar-refractivity contribution in [2.45, 2.75) is 6.18 Å². The summed E-state index contributed by atoms with van der Waals surface area (Å²) in [4.78, 5) is 22.3. The molecule has 1 aromatic rings.